The van der Waals surface area contributed by atoms with Crippen molar-refractivity contribution in [1.82, 2.24) is 0 Å². The average Bonchev–Trinajstić information content (AvgIpc) is 2.50. The monoisotopic (exact) mass is 269 g/mol. The summed E-state index contributed by atoms with van der Waals surface area (Å²) in [5, 5.41) is 0. The first-order chi connectivity index (χ1) is 9.90. The van der Waals surface area contributed by atoms with E-state index in [0.717, 1.165) is 17.7 Å². The Kier molecular flexibility index (Phi) is 5.65. The summed E-state index contributed by atoms with van der Waals surface area (Å²) in [6.45, 7) is 2.38. The standard InChI is InChI=1S/C17H17O3/c18-14-19-12-11-16-8-4-5-9-17(16)20-13-10-15-6-2-1-3-7-15/h1-9H,10-13H2. The zero-order valence-corrected chi connectivity index (χ0v) is 11.2. The zero-order chi connectivity index (χ0) is 14.0. The zero-order valence-electron chi connectivity index (χ0n) is 11.2. The van der Waals surface area contributed by atoms with Gasteiger partial charge in [0.2, 0.25) is 0 Å². The van der Waals surface area contributed by atoms with Crippen LogP contribution in [0.15, 0.2) is 54.6 Å². The molecular formula is C17H17O3. The highest BCUT2D eigenvalue weighted by molar-refractivity contribution is 5.38. The Morgan fingerprint density at radius 2 is 1.60 bits per heavy atom. The fourth-order valence-corrected chi connectivity index (χ4v) is 1.98. The number of ether oxygens (including phenoxy) is 2. The van der Waals surface area contributed by atoms with Gasteiger partial charge in [0, 0.05) is 12.8 Å². The number of hydrogen-bond acceptors (Lipinski definition) is 3. The molecule has 2 aromatic carbocycles. The van der Waals surface area contributed by atoms with Gasteiger partial charge < -0.3 is 9.47 Å². The van der Waals surface area contributed by atoms with E-state index < -0.39 is 0 Å². The molecule has 0 fully saturated rings. The molecule has 0 N–H and O–H groups in total. The van der Waals surface area contributed by atoms with E-state index in [1.54, 1.807) is 0 Å². The molecule has 3 nitrogen and oxygen atoms in total. The Hall–Kier alpha value is -2.29. The summed E-state index contributed by atoms with van der Waals surface area (Å²) >= 11 is 0. The fourth-order valence-electron chi connectivity index (χ4n) is 1.98. The summed E-state index contributed by atoms with van der Waals surface area (Å²) in [4.78, 5) is 10.0. The largest absolute Gasteiger partial charge is 0.493 e. The first kappa shape index (κ1) is 14.1. The summed E-state index contributed by atoms with van der Waals surface area (Å²) in [6.07, 6.45) is 1.50. The van der Waals surface area contributed by atoms with Crippen molar-refractivity contribution >= 4 is 6.47 Å². The Labute approximate surface area is 119 Å². The van der Waals surface area contributed by atoms with Crippen LogP contribution in [0.2, 0.25) is 0 Å². The molecule has 0 aromatic heterocycles. The van der Waals surface area contributed by atoms with E-state index in [2.05, 4.69) is 16.9 Å². The van der Waals surface area contributed by atoms with Crippen LogP contribution < -0.4 is 4.74 Å². The van der Waals surface area contributed by atoms with Gasteiger partial charge in [-0.3, -0.25) is 0 Å². The van der Waals surface area contributed by atoms with Gasteiger partial charge in [-0.25, -0.2) is 4.79 Å². The summed E-state index contributed by atoms with van der Waals surface area (Å²) in [5.74, 6) is 0.845. The Bertz CT molecular complexity index is 523. The smallest absolute Gasteiger partial charge is 0.417 e. The molecule has 103 valence electrons. The molecule has 20 heavy (non-hydrogen) atoms. The third-order valence-electron chi connectivity index (χ3n) is 3.00. The van der Waals surface area contributed by atoms with Gasteiger partial charge in [-0.1, -0.05) is 48.5 Å². The fraction of sp³-hybridized carbons (Fsp3) is 0.235. The number of rotatable bonds is 8. The van der Waals surface area contributed by atoms with Crippen LogP contribution in [-0.2, 0) is 22.4 Å². The van der Waals surface area contributed by atoms with Crippen molar-refractivity contribution in [2.75, 3.05) is 13.2 Å². The molecule has 2 aromatic rings. The molecule has 0 saturated heterocycles. The molecule has 0 aliphatic carbocycles. The van der Waals surface area contributed by atoms with Gasteiger partial charge in [0.1, 0.15) is 5.75 Å². The van der Waals surface area contributed by atoms with Gasteiger partial charge in [-0.05, 0) is 17.2 Å². The minimum Gasteiger partial charge on any atom is -0.493 e. The minimum absolute atomic E-state index is 0.322. The maximum absolute atomic E-state index is 10.0. The van der Waals surface area contributed by atoms with Crippen LogP contribution in [0.3, 0.4) is 0 Å². The molecule has 1 radical (unpaired) electrons. The molecule has 3 heteroatoms. The predicted molar refractivity (Wildman–Crippen MR) is 77.4 cm³/mol. The van der Waals surface area contributed by atoms with Crippen LogP contribution in [-0.4, -0.2) is 19.7 Å². The third kappa shape index (κ3) is 4.43. The topological polar surface area (TPSA) is 35.5 Å². The Morgan fingerprint density at radius 3 is 2.40 bits per heavy atom. The molecule has 0 spiro atoms. The second-order valence-corrected chi connectivity index (χ2v) is 4.37. The third-order valence-corrected chi connectivity index (χ3v) is 3.00. The van der Waals surface area contributed by atoms with Gasteiger partial charge in [0.05, 0.1) is 13.2 Å². The van der Waals surface area contributed by atoms with Gasteiger partial charge in [-0.2, -0.15) is 0 Å². The molecule has 0 heterocycles. The van der Waals surface area contributed by atoms with Gasteiger partial charge >= 0.3 is 6.47 Å². The molecule has 0 unspecified atom stereocenters. The number of benzene rings is 2. The second kappa shape index (κ2) is 8.00. The molecule has 0 amide bonds. The van der Waals surface area contributed by atoms with Gasteiger partial charge in [-0.15, -0.1) is 0 Å². The second-order valence-electron chi connectivity index (χ2n) is 4.37. The molecule has 0 saturated carbocycles. The van der Waals surface area contributed by atoms with Crippen LogP contribution in [0.25, 0.3) is 0 Å². The van der Waals surface area contributed by atoms with Crippen LogP contribution >= 0.6 is 0 Å². The molecule has 0 aliphatic heterocycles. The van der Waals surface area contributed by atoms with Crippen LogP contribution in [0.5, 0.6) is 5.75 Å². The van der Waals surface area contributed by atoms with Crippen molar-refractivity contribution < 1.29 is 14.3 Å². The van der Waals surface area contributed by atoms with Crippen molar-refractivity contribution in [2.45, 2.75) is 12.8 Å². The van der Waals surface area contributed by atoms with Gasteiger partial charge in [0.15, 0.2) is 0 Å². The lowest BCUT2D eigenvalue weighted by Gasteiger charge is -2.11. The van der Waals surface area contributed by atoms with Crippen LogP contribution in [0, 0.1) is 0 Å². The van der Waals surface area contributed by atoms with E-state index >= 15 is 0 Å². The molecular weight excluding hydrogens is 252 g/mol. The van der Waals surface area contributed by atoms with Crippen LogP contribution in [0.4, 0.5) is 0 Å². The highest BCUT2D eigenvalue weighted by Gasteiger charge is 2.03. The molecule has 0 aliphatic rings. The lowest BCUT2D eigenvalue weighted by Crippen LogP contribution is -2.05. The minimum atomic E-state index is 0.322. The maximum Gasteiger partial charge on any atom is 0.417 e. The molecule has 0 atom stereocenters. The van der Waals surface area contributed by atoms with E-state index in [-0.39, 0.29) is 0 Å². The quantitative estimate of drug-likeness (QED) is 0.691. The highest BCUT2D eigenvalue weighted by Crippen LogP contribution is 2.18. The summed E-state index contributed by atoms with van der Waals surface area (Å²) in [6, 6.07) is 18.0. The lowest BCUT2D eigenvalue weighted by atomic mass is 10.1. The summed E-state index contributed by atoms with van der Waals surface area (Å²) < 4.78 is 10.4. The van der Waals surface area contributed by atoms with Crippen molar-refractivity contribution in [3.8, 4) is 5.75 Å². The molecule has 0 bridgehead atoms. The SMILES string of the molecule is O=[C]OCCc1ccccc1OCCc1ccccc1. The van der Waals surface area contributed by atoms with Crippen LogP contribution in [0.1, 0.15) is 11.1 Å². The Morgan fingerprint density at radius 1 is 0.850 bits per heavy atom. The predicted octanol–water partition coefficient (Wildman–Crippen LogP) is 2.93. The van der Waals surface area contributed by atoms with E-state index in [1.807, 2.05) is 42.5 Å². The van der Waals surface area contributed by atoms with E-state index in [4.69, 9.17) is 4.74 Å². The number of carbonyl (C=O) groups excluding carboxylic acids is 1. The first-order valence-corrected chi connectivity index (χ1v) is 6.63. The van der Waals surface area contributed by atoms with Gasteiger partial charge in [0.25, 0.3) is 0 Å². The average molecular weight is 269 g/mol. The lowest BCUT2D eigenvalue weighted by molar-refractivity contribution is 0.276. The summed E-state index contributed by atoms with van der Waals surface area (Å²) in [7, 11) is 0. The summed E-state index contributed by atoms with van der Waals surface area (Å²) in [5.41, 5.74) is 2.29. The first-order valence-electron chi connectivity index (χ1n) is 6.63. The number of para-hydroxylation sites is 1. The highest BCUT2D eigenvalue weighted by atomic mass is 16.5. The normalized spacial score (nSPS) is 10.0. The van der Waals surface area contributed by atoms with Crippen molar-refractivity contribution in [1.29, 1.82) is 0 Å². The molecule has 2 rings (SSSR count). The maximum atomic E-state index is 10.0. The van der Waals surface area contributed by atoms with E-state index in [9.17, 15) is 4.79 Å². The van der Waals surface area contributed by atoms with E-state index in [1.165, 1.54) is 12.0 Å². The van der Waals surface area contributed by atoms with Crippen molar-refractivity contribution in [3.63, 3.8) is 0 Å². The number of hydrogen-bond donors (Lipinski definition) is 0. The Balaban J connectivity index is 1.87. The van der Waals surface area contributed by atoms with E-state index in [0.29, 0.717) is 19.6 Å². The van der Waals surface area contributed by atoms with Crippen molar-refractivity contribution in [3.05, 3.63) is 65.7 Å². The van der Waals surface area contributed by atoms with Crippen molar-refractivity contribution in [2.24, 2.45) is 0 Å².